The highest BCUT2D eigenvalue weighted by Gasteiger charge is 2.39. The quantitative estimate of drug-likeness (QED) is 0.721. The van der Waals surface area contributed by atoms with Crippen molar-refractivity contribution >= 4 is 18.4 Å². The Labute approximate surface area is 177 Å². The van der Waals surface area contributed by atoms with Gasteiger partial charge in [0.15, 0.2) is 17.3 Å². The Morgan fingerprint density at radius 1 is 1.13 bits per heavy atom. The van der Waals surface area contributed by atoms with E-state index in [1.54, 1.807) is 4.90 Å². The highest BCUT2D eigenvalue weighted by Crippen LogP contribution is 2.34. The van der Waals surface area contributed by atoms with Crippen molar-refractivity contribution in [1.82, 2.24) is 15.3 Å². The Morgan fingerprint density at radius 3 is 2.50 bits per heavy atom. The number of nitrogens with zero attached hydrogens (tertiary/aromatic N) is 3. The normalized spacial score (nSPS) is 18.7. The van der Waals surface area contributed by atoms with Crippen LogP contribution in [0.2, 0.25) is 0 Å². The number of ether oxygens (including phenoxy) is 2. The number of aromatic nitrogens is 2. The van der Waals surface area contributed by atoms with Crippen LogP contribution in [-0.2, 0) is 10.9 Å². The van der Waals surface area contributed by atoms with Gasteiger partial charge in [0.25, 0.3) is 0 Å². The third-order valence-corrected chi connectivity index (χ3v) is 5.12. The molecule has 0 radical (unpaired) electrons. The summed E-state index contributed by atoms with van der Waals surface area (Å²) in [6.07, 6.45) is -3.40. The second kappa shape index (κ2) is 8.91. The molecule has 2 aromatic rings. The summed E-state index contributed by atoms with van der Waals surface area (Å²) in [6.45, 7) is 3.01. The maximum atomic E-state index is 13.8. The van der Waals surface area contributed by atoms with Gasteiger partial charge in [0.05, 0.1) is 12.2 Å². The van der Waals surface area contributed by atoms with Crippen molar-refractivity contribution in [2.24, 2.45) is 0 Å². The third kappa shape index (κ3) is 4.93. The molecule has 2 aliphatic rings. The summed E-state index contributed by atoms with van der Waals surface area (Å²) in [5.74, 6) is -1.35. The first kappa shape index (κ1) is 22.5. The Balaban J connectivity index is 0.00000256. The van der Waals surface area contributed by atoms with Crippen molar-refractivity contribution < 1.29 is 27.0 Å². The predicted octanol–water partition coefficient (Wildman–Crippen LogP) is 3.81. The fourth-order valence-corrected chi connectivity index (χ4v) is 3.53. The number of halogens is 5. The van der Waals surface area contributed by atoms with E-state index in [2.05, 4.69) is 15.3 Å². The zero-order valence-corrected chi connectivity index (χ0v) is 16.7. The van der Waals surface area contributed by atoms with Gasteiger partial charge in [0, 0.05) is 32.2 Å². The van der Waals surface area contributed by atoms with E-state index >= 15 is 0 Å². The van der Waals surface area contributed by atoms with Crippen molar-refractivity contribution in [1.29, 1.82) is 0 Å². The third-order valence-electron chi connectivity index (χ3n) is 5.12. The van der Waals surface area contributed by atoms with Gasteiger partial charge in [-0.25, -0.2) is 9.37 Å². The molecule has 0 atom stereocenters. The van der Waals surface area contributed by atoms with Crippen molar-refractivity contribution in [3.63, 3.8) is 0 Å². The molecule has 30 heavy (non-hydrogen) atoms. The number of piperidine rings is 1. The summed E-state index contributed by atoms with van der Waals surface area (Å²) in [6, 6.07) is 6.14. The number of rotatable bonds is 3. The maximum Gasteiger partial charge on any atom is 0.433 e. The highest BCUT2D eigenvalue weighted by atomic mass is 35.5. The zero-order valence-electron chi connectivity index (χ0n) is 15.9. The van der Waals surface area contributed by atoms with Crippen molar-refractivity contribution in [3.05, 3.63) is 41.8 Å². The molecule has 0 amide bonds. The van der Waals surface area contributed by atoms with Gasteiger partial charge in [-0.15, -0.1) is 12.4 Å². The van der Waals surface area contributed by atoms with E-state index in [1.807, 2.05) is 0 Å². The summed E-state index contributed by atoms with van der Waals surface area (Å²) >= 11 is 0. The van der Waals surface area contributed by atoms with Crippen LogP contribution in [0.4, 0.5) is 23.5 Å². The van der Waals surface area contributed by atoms with Crippen LogP contribution in [0.1, 0.15) is 18.5 Å². The van der Waals surface area contributed by atoms with Crippen LogP contribution < -0.4 is 15.0 Å². The molecule has 0 saturated carbocycles. The fraction of sp³-hybridized carbons (Fsp3) is 0.474. The van der Waals surface area contributed by atoms with Crippen LogP contribution in [0, 0.1) is 5.82 Å². The largest absolute Gasteiger partial charge is 0.436 e. The van der Waals surface area contributed by atoms with Gasteiger partial charge < -0.3 is 19.7 Å². The predicted molar refractivity (Wildman–Crippen MR) is 104 cm³/mol. The average Bonchev–Trinajstić information content (AvgIpc) is 2.70. The van der Waals surface area contributed by atoms with E-state index < -0.39 is 17.7 Å². The smallest absolute Gasteiger partial charge is 0.433 e. The first-order valence-corrected chi connectivity index (χ1v) is 9.33. The molecule has 0 aliphatic carbocycles. The van der Waals surface area contributed by atoms with Crippen LogP contribution in [0.25, 0.3) is 0 Å². The fourth-order valence-electron chi connectivity index (χ4n) is 3.53. The van der Waals surface area contributed by atoms with Crippen LogP contribution in [0.5, 0.6) is 11.6 Å². The van der Waals surface area contributed by atoms with Gasteiger partial charge in [0.2, 0.25) is 11.8 Å². The molecule has 2 aliphatic heterocycles. The Kier molecular flexibility index (Phi) is 6.68. The monoisotopic (exact) mass is 448 g/mol. The molecule has 4 rings (SSSR count). The van der Waals surface area contributed by atoms with Crippen LogP contribution in [0.15, 0.2) is 30.3 Å². The molecule has 164 valence electrons. The molecular weight excluding hydrogens is 428 g/mol. The number of nitrogens with one attached hydrogen (secondary N) is 1. The lowest BCUT2D eigenvalue weighted by Gasteiger charge is -2.44. The minimum atomic E-state index is -4.68. The molecule has 1 aromatic heterocycles. The van der Waals surface area contributed by atoms with E-state index in [0.29, 0.717) is 45.1 Å². The lowest BCUT2D eigenvalue weighted by molar-refractivity contribution is -0.141. The summed E-state index contributed by atoms with van der Waals surface area (Å²) in [5, 5.41) is 3.29. The summed E-state index contributed by atoms with van der Waals surface area (Å²) < 4.78 is 65.1. The van der Waals surface area contributed by atoms with E-state index in [4.69, 9.17) is 9.47 Å². The lowest BCUT2D eigenvalue weighted by atomic mass is 9.90. The topological polar surface area (TPSA) is 59.5 Å². The average molecular weight is 449 g/mol. The highest BCUT2D eigenvalue weighted by molar-refractivity contribution is 5.85. The molecule has 1 N–H and O–H groups in total. The molecule has 1 aromatic carbocycles. The number of alkyl halides is 3. The van der Waals surface area contributed by atoms with Crippen molar-refractivity contribution in [2.75, 3.05) is 37.7 Å². The van der Waals surface area contributed by atoms with Gasteiger partial charge in [-0.05, 0) is 25.0 Å². The van der Waals surface area contributed by atoms with Gasteiger partial charge >= 0.3 is 6.18 Å². The van der Waals surface area contributed by atoms with E-state index in [-0.39, 0.29) is 35.6 Å². The van der Waals surface area contributed by atoms with E-state index in [1.165, 1.54) is 18.2 Å². The summed E-state index contributed by atoms with van der Waals surface area (Å²) in [4.78, 5) is 9.47. The zero-order chi connectivity index (χ0) is 20.5. The molecule has 3 heterocycles. The second-order valence-corrected chi connectivity index (χ2v) is 7.12. The Morgan fingerprint density at radius 2 is 1.87 bits per heavy atom. The minimum absolute atomic E-state index is 0. The maximum absolute atomic E-state index is 13.8. The number of anilines is 1. The molecular formula is C19H21ClF4N4O2. The molecule has 11 heteroatoms. The van der Waals surface area contributed by atoms with Crippen molar-refractivity contribution in [2.45, 2.75) is 24.6 Å². The van der Waals surface area contributed by atoms with Crippen LogP contribution >= 0.6 is 12.4 Å². The number of para-hydroxylation sites is 1. The Bertz CT molecular complexity index is 868. The molecule has 0 bridgehead atoms. The van der Waals surface area contributed by atoms with Gasteiger partial charge in [-0.3, -0.25) is 0 Å². The molecule has 6 nitrogen and oxygen atoms in total. The summed E-state index contributed by atoms with van der Waals surface area (Å²) in [5.41, 5.74) is -1.44. The lowest BCUT2D eigenvalue weighted by Crippen LogP contribution is -2.55. The molecule has 0 unspecified atom stereocenters. The number of hydrogen-bond acceptors (Lipinski definition) is 6. The second-order valence-electron chi connectivity index (χ2n) is 7.12. The van der Waals surface area contributed by atoms with Crippen LogP contribution in [0.3, 0.4) is 0 Å². The van der Waals surface area contributed by atoms with Gasteiger partial charge in [-0.1, -0.05) is 12.1 Å². The Hall–Kier alpha value is -2.17. The summed E-state index contributed by atoms with van der Waals surface area (Å²) in [7, 11) is 0. The first-order chi connectivity index (χ1) is 13.8. The van der Waals surface area contributed by atoms with E-state index in [9.17, 15) is 17.6 Å². The number of morpholine rings is 1. The van der Waals surface area contributed by atoms with Gasteiger partial charge in [0.1, 0.15) is 0 Å². The number of hydrogen-bond donors (Lipinski definition) is 1. The SMILES string of the molecule is Cl.Fc1ccccc1Oc1cc(C(F)(F)F)nc(N2CCC3(CC2)CNCCO3)n1. The number of benzene rings is 1. The molecule has 2 fully saturated rings. The van der Waals surface area contributed by atoms with Gasteiger partial charge in [-0.2, -0.15) is 18.2 Å². The van der Waals surface area contributed by atoms with E-state index in [0.717, 1.165) is 12.6 Å². The minimum Gasteiger partial charge on any atom is -0.436 e. The van der Waals surface area contributed by atoms with Crippen LogP contribution in [-0.4, -0.2) is 48.4 Å². The van der Waals surface area contributed by atoms with Crippen molar-refractivity contribution in [3.8, 4) is 11.6 Å². The molecule has 2 saturated heterocycles. The standard InChI is InChI=1S/C19H20F4N4O2.ClH/c20-13-3-1-2-4-14(13)29-16-11-15(19(21,22)23)25-17(26-16)27-8-5-18(6-9-27)12-24-7-10-28-18;/h1-4,11,24H,5-10,12H2;1H. The molecule has 1 spiro atoms. The first-order valence-electron chi connectivity index (χ1n) is 9.33.